The molecule has 0 aliphatic heterocycles. The predicted octanol–water partition coefficient (Wildman–Crippen LogP) is 2.16. The first kappa shape index (κ1) is 9.16. The summed E-state index contributed by atoms with van der Waals surface area (Å²) in [7, 11) is 0. The minimum atomic E-state index is 0.698. The van der Waals surface area contributed by atoms with Gasteiger partial charge in [-0.1, -0.05) is 13.8 Å². The van der Waals surface area contributed by atoms with Crippen molar-refractivity contribution in [2.45, 2.75) is 33.1 Å². The maximum atomic E-state index is 8.50. The fourth-order valence-electron chi connectivity index (χ4n) is 0.654. The Bertz CT molecular complexity index is 142. The van der Waals surface area contributed by atoms with E-state index in [2.05, 4.69) is 24.9 Å². The van der Waals surface area contributed by atoms with Crippen molar-refractivity contribution in [2.24, 2.45) is 4.99 Å². The summed E-state index contributed by atoms with van der Waals surface area (Å²) in [5.74, 6) is 0. The Kier molecular flexibility index (Phi) is 5.75. The fourth-order valence-corrected chi connectivity index (χ4v) is 0.654. The Morgan fingerprint density at radius 1 is 1.40 bits per heavy atom. The zero-order chi connectivity index (χ0) is 7.82. The number of hydrogen-bond donors (Lipinski definition) is 0. The highest BCUT2D eigenvalue weighted by molar-refractivity contribution is 5.98. The molecule has 56 valence electrons. The average Bonchev–Trinajstić information content (AvgIpc) is 1.98. The third kappa shape index (κ3) is 4.08. The van der Waals surface area contributed by atoms with Gasteiger partial charge in [-0.25, -0.2) is 0 Å². The van der Waals surface area contributed by atoms with E-state index in [0.29, 0.717) is 5.71 Å². The first-order valence-electron chi connectivity index (χ1n) is 3.78. The Morgan fingerprint density at radius 2 is 2.10 bits per heavy atom. The molecule has 0 aliphatic rings. The molecule has 10 heavy (non-hydrogen) atoms. The van der Waals surface area contributed by atoms with Crippen molar-refractivity contribution < 1.29 is 0 Å². The van der Waals surface area contributed by atoms with E-state index in [9.17, 15) is 0 Å². The molecule has 0 fully saturated rings. The van der Waals surface area contributed by atoms with Crippen LogP contribution in [0.25, 0.3) is 0 Å². The summed E-state index contributed by atoms with van der Waals surface area (Å²) < 4.78 is 0. The lowest BCUT2D eigenvalue weighted by atomic mass is 10.2. The SMILES string of the molecule is CCCN=C(C#N)CCC. The Balaban J connectivity index is 3.70. The van der Waals surface area contributed by atoms with E-state index in [4.69, 9.17) is 5.26 Å². The third-order valence-corrected chi connectivity index (χ3v) is 1.14. The van der Waals surface area contributed by atoms with Gasteiger partial charge in [0.15, 0.2) is 0 Å². The van der Waals surface area contributed by atoms with Gasteiger partial charge in [0.25, 0.3) is 0 Å². The average molecular weight is 138 g/mol. The number of nitrogens with zero attached hydrogens (tertiary/aromatic N) is 2. The van der Waals surface area contributed by atoms with Crippen LogP contribution in [0.15, 0.2) is 4.99 Å². The van der Waals surface area contributed by atoms with Gasteiger partial charge < -0.3 is 0 Å². The van der Waals surface area contributed by atoms with Gasteiger partial charge >= 0.3 is 0 Å². The molecule has 0 bridgehead atoms. The lowest BCUT2D eigenvalue weighted by Crippen LogP contribution is -1.94. The first-order chi connectivity index (χ1) is 4.85. The molecular formula is C8H14N2. The molecule has 0 atom stereocenters. The molecule has 0 aromatic carbocycles. The highest BCUT2D eigenvalue weighted by atomic mass is 14.7. The molecule has 0 heterocycles. The lowest BCUT2D eigenvalue weighted by molar-refractivity contribution is 0.914. The van der Waals surface area contributed by atoms with Crippen LogP contribution < -0.4 is 0 Å². The predicted molar refractivity (Wildman–Crippen MR) is 43.1 cm³/mol. The third-order valence-electron chi connectivity index (χ3n) is 1.14. The van der Waals surface area contributed by atoms with Crippen LogP contribution in [0, 0.1) is 11.3 Å². The molecule has 2 nitrogen and oxygen atoms in total. The molecule has 0 radical (unpaired) electrons. The smallest absolute Gasteiger partial charge is 0.114 e. The molecule has 0 saturated heterocycles. The molecule has 0 aliphatic carbocycles. The van der Waals surface area contributed by atoms with Crippen LogP contribution in [-0.2, 0) is 0 Å². The van der Waals surface area contributed by atoms with E-state index in [1.807, 2.05) is 0 Å². The van der Waals surface area contributed by atoms with Crippen LogP contribution in [0.5, 0.6) is 0 Å². The zero-order valence-electron chi connectivity index (χ0n) is 6.72. The van der Waals surface area contributed by atoms with Gasteiger partial charge in [-0.05, 0) is 19.3 Å². The van der Waals surface area contributed by atoms with E-state index in [0.717, 1.165) is 25.8 Å². The molecule has 0 amide bonds. The van der Waals surface area contributed by atoms with Crippen molar-refractivity contribution in [2.75, 3.05) is 6.54 Å². The summed E-state index contributed by atoms with van der Waals surface area (Å²) in [6.45, 7) is 4.91. The van der Waals surface area contributed by atoms with Crippen molar-refractivity contribution in [1.29, 1.82) is 5.26 Å². The minimum absolute atomic E-state index is 0.698. The monoisotopic (exact) mass is 138 g/mol. The van der Waals surface area contributed by atoms with Crippen LogP contribution >= 0.6 is 0 Å². The standard InChI is InChI=1S/C8H14N2/c1-3-5-8(7-9)10-6-4-2/h3-6H2,1-2H3. The molecule has 0 aromatic rings. The van der Waals surface area contributed by atoms with Gasteiger partial charge in [0.2, 0.25) is 0 Å². The molecule has 0 N–H and O–H groups in total. The highest BCUT2D eigenvalue weighted by Crippen LogP contribution is 1.91. The number of nitriles is 1. The maximum absolute atomic E-state index is 8.50. The van der Waals surface area contributed by atoms with Crippen molar-refractivity contribution in [3.63, 3.8) is 0 Å². The summed E-state index contributed by atoms with van der Waals surface area (Å²) in [5, 5.41) is 8.50. The maximum Gasteiger partial charge on any atom is 0.114 e. The number of rotatable bonds is 4. The van der Waals surface area contributed by atoms with Gasteiger partial charge in [0.1, 0.15) is 11.8 Å². The zero-order valence-corrected chi connectivity index (χ0v) is 6.72. The number of aliphatic imine (C=N–C) groups is 1. The molecule has 0 saturated carbocycles. The molecule has 0 rings (SSSR count). The topological polar surface area (TPSA) is 36.1 Å². The first-order valence-corrected chi connectivity index (χ1v) is 3.78. The minimum Gasteiger partial charge on any atom is -0.279 e. The molecule has 2 heteroatoms. The van der Waals surface area contributed by atoms with Crippen molar-refractivity contribution >= 4 is 5.71 Å². The van der Waals surface area contributed by atoms with Crippen molar-refractivity contribution in [3.8, 4) is 6.07 Å². The molecular weight excluding hydrogens is 124 g/mol. The second kappa shape index (κ2) is 6.28. The van der Waals surface area contributed by atoms with Crippen LogP contribution in [-0.4, -0.2) is 12.3 Å². The van der Waals surface area contributed by atoms with E-state index in [1.54, 1.807) is 0 Å². The van der Waals surface area contributed by atoms with E-state index in [-0.39, 0.29) is 0 Å². The molecule has 0 unspecified atom stereocenters. The Labute approximate surface area is 62.6 Å². The van der Waals surface area contributed by atoms with Gasteiger partial charge in [-0.3, -0.25) is 4.99 Å². The second-order valence-electron chi connectivity index (χ2n) is 2.19. The fraction of sp³-hybridized carbons (Fsp3) is 0.750. The summed E-state index contributed by atoms with van der Waals surface area (Å²) in [4.78, 5) is 4.11. The van der Waals surface area contributed by atoms with E-state index >= 15 is 0 Å². The van der Waals surface area contributed by atoms with Gasteiger partial charge in [0.05, 0.1) is 0 Å². The van der Waals surface area contributed by atoms with Gasteiger partial charge in [-0.2, -0.15) is 5.26 Å². The van der Waals surface area contributed by atoms with E-state index < -0.39 is 0 Å². The summed E-state index contributed by atoms with van der Waals surface area (Å²) in [6, 6.07) is 2.09. The van der Waals surface area contributed by atoms with Gasteiger partial charge in [0, 0.05) is 6.54 Å². The van der Waals surface area contributed by atoms with Crippen LogP contribution in [0.3, 0.4) is 0 Å². The second-order valence-corrected chi connectivity index (χ2v) is 2.19. The number of hydrogen-bond acceptors (Lipinski definition) is 2. The summed E-state index contributed by atoms with van der Waals surface area (Å²) in [6.07, 6.45) is 2.86. The Morgan fingerprint density at radius 3 is 2.50 bits per heavy atom. The Hall–Kier alpha value is -0.840. The quantitative estimate of drug-likeness (QED) is 0.548. The van der Waals surface area contributed by atoms with Crippen molar-refractivity contribution in [1.82, 2.24) is 0 Å². The van der Waals surface area contributed by atoms with Crippen LogP contribution in [0.4, 0.5) is 0 Å². The van der Waals surface area contributed by atoms with Crippen LogP contribution in [0.1, 0.15) is 33.1 Å². The lowest BCUT2D eigenvalue weighted by Gasteiger charge is -1.91. The van der Waals surface area contributed by atoms with Gasteiger partial charge in [-0.15, -0.1) is 0 Å². The molecule has 0 aromatic heterocycles. The van der Waals surface area contributed by atoms with E-state index in [1.165, 1.54) is 0 Å². The summed E-state index contributed by atoms with van der Waals surface area (Å²) >= 11 is 0. The van der Waals surface area contributed by atoms with Crippen molar-refractivity contribution in [3.05, 3.63) is 0 Å². The normalized spacial score (nSPS) is 11.1. The summed E-state index contributed by atoms with van der Waals surface area (Å²) in [5.41, 5.74) is 0.698. The largest absolute Gasteiger partial charge is 0.279 e. The highest BCUT2D eigenvalue weighted by Gasteiger charge is 1.92. The molecule has 0 spiro atoms. The van der Waals surface area contributed by atoms with Crippen LogP contribution in [0.2, 0.25) is 0 Å².